The minimum absolute atomic E-state index is 0.00236. The number of halogens is 1. The van der Waals surface area contributed by atoms with Crippen molar-refractivity contribution in [2.24, 2.45) is 0 Å². The van der Waals surface area contributed by atoms with Gasteiger partial charge in [0.25, 0.3) is 0 Å². The second-order valence-electron chi connectivity index (χ2n) is 7.52. The van der Waals surface area contributed by atoms with Crippen molar-refractivity contribution in [3.8, 4) is 0 Å². The summed E-state index contributed by atoms with van der Waals surface area (Å²) in [5, 5.41) is 1.71. The number of rotatable bonds is 3. The fourth-order valence-corrected chi connectivity index (χ4v) is 4.26. The van der Waals surface area contributed by atoms with Gasteiger partial charge in [-0.15, -0.1) is 0 Å². The average molecular weight is 389 g/mol. The summed E-state index contributed by atoms with van der Waals surface area (Å²) in [4.78, 5) is 31.9. The van der Waals surface area contributed by atoms with Crippen LogP contribution in [0.15, 0.2) is 30.5 Å². The average Bonchev–Trinajstić information content (AvgIpc) is 3.29. The first-order chi connectivity index (χ1) is 13.0. The van der Waals surface area contributed by atoms with Crippen molar-refractivity contribution in [2.75, 3.05) is 39.8 Å². The molecule has 0 spiro atoms. The van der Waals surface area contributed by atoms with E-state index in [9.17, 15) is 9.59 Å². The number of hydrogen-bond acceptors (Lipinski definition) is 3. The fourth-order valence-electron chi connectivity index (χ4n) is 4.09. The highest BCUT2D eigenvalue weighted by molar-refractivity contribution is 6.31. The number of fused-ring (bicyclic) bond motifs is 1. The third-order valence-corrected chi connectivity index (χ3v) is 5.95. The summed E-state index contributed by atoms with van der Waals surface area (Å²) in [5.74, 6) is 0.104. The largest absolute Gasteiger partial charge is 0.338 e. The van der Waals surface area contributed by atoms with Gasteiger partial charge in [0.1, 0.15) is 12.6 Å². The number of likely N-dealkylation sites (tertiary alicyclic amines) is 1. The van der Waals surface area contributed by atoms with E-state index in [1.807, 2.05) is 39.9 Å². The Balaban J connectivity index is 1.47. The minimum Gasteiger partial charge on any atom is -0.338 e. The van der Waals surface area contributed by atoms with Gasteiger partial charge in [-0.3, -0.25) is 9.59 Å². The Morgan fingerprint density at radius 3 is 2.67 bits per heavy atom. The van der Waals surface area contributed by atoms with Crippen LogP contribution in [-0.4, -0.2) is 76.9 Å². The summed E-state index contributed by atoms with van der Waals surface area (Å²) in [6.07, 6.45) is 3.55. The summed E-state index contributed by atoms with van der Waals surface area (Å²) < 4.78 is 1.92. The lowest BCUT2D eigenvalue weighted by atomic mass is 10.1. The Kier molecular flexibility index (Phi) is 5.10. The minimum atomic E-state index is -0.314. The molecule has 2 saturated heterocycles. The lowest BCUT2D eigenvalue weighted by Gasteiger charge is -2.35. The van der Waals surface area contributed by atoms with Gasteiger partial charge in [-0.2, -0.15) is 0 Å². The molecule has 0 aliphatic carbocycles. The maximum atomic E-state index is 13.0. The fraction of sp³-hybridized carbons (Fsp3) is 0.500. The van der Waals surface area contributed by atoms with Crippen LogP contribution in [0.2, 0.25) is 5.02 Å². The molecule has 1 unspecified atom stereocenters. The normalized spacial score (nSPS) is 21.2. The molecule has 0 N–H and O–H groups in total. The van der Waals surface area contributed by atoms with E-state index in [0.29, 0.717) is 11.6 Å². The van der Waals surface area contributed by atoms with Gasteiger partial charge in [0.15, 0.2) is 0 Å². The number of hydrogen-bond donors (Lipinski definition) is 0. The van der Waals surface area contributed by atoms with Crippen molar-refractivity contribution in [1.29, 1.82) is 0 Å². The number of aromatic nitrogens is 1. The van der Waals surface area contributed by atoms with Gasteiger partial charge in [-0.25, -0.2) is 0 Å². The van der Waals surface area contributed by atoms with Crippen molar-refractivity contribution < 1.29 is 9.59 Å². The van der Waals surface area contributed by atoms with Crippen LogP contribution in [0.5, 0.6) is 0 Å². The molecule has 3 heterocycles. The van der Waals surface area contributed by atoms with Crippen LogP contribution in [0, 0.1) is 0 Å². The molecule has 2 amide bonds. The lowest BCUT2D eigenvalue weighted by Crippen LogP contribution is -2.54. The van der Waals surface area contributed by atoms with Crippen LogP contribution in [0.25, 0.3) is 10.9 Å². The molecule has 2 fully saturated rings. The zero-order valence-corrected chi connectivity index (χ0v) is 16.4. The molecular formula is C20H25ClN4O2. The maximum absolute atomic E-state index is 13.0. The number of likely N-dealkylation sites (N-methyl/N-ethyl adjacent to an activating group) is 1. The van der Waals surface area contributed by atoms with Gasteiger partial charge < -0.3 is 19.3 Å². The molecular weight excluding hydrogens is 364 g/mol. The quantitative estimate of drug-likeness (QED) is 0.808. The van der Waals surface area contributed by atoms with Crippen LogP contribution in [-0.2, 0) is 16.1 Å². The molecule has 0 radical (unpaired) electrons. The summed E-state index contributed by atoms with van der Waals surface area (Å²) >= 11 is 6.11. The zero-order valence-electron chi connectivity index (χ0n) is 15.6. The lowest BCUT2D eigenvalue weighted by molar-refractivity contribution is -0.145. The molecule has 144 valence electrons. The van der Waals surface area contributed by atoms with Crippen LogP contribution in [0.1, 0.15) is 12.8 Å². The van der Waals surface area contributed by atoms with E-state index in [1.54, 1.807) is 4.90 Å². The summed E-state index contributed by atoms with van der Waals surface area (Å²) in [7, 11) is 2.07. The van der Waals surface area contributed by atoms with E-state index in [2.05, 4.69) is 11.9 Å². The molecule has 0 bridgehead atoms. The van der Waals surface area contributed by atoms with E-state index in [-0.39, 0.29) is 24.4 Å². The Morgan fingerprint density at radius 1 is 1.11 bits per heavy atom. The first-order valence-electron chi connectivity index (χ1n) is 9.54. The summed E-state index contributed by atoms with van der Waals surface area (Å²) in [5.41, 5.74) is 0.942. The molecule has 2 aromatic rings. The Labute approximate surface area is 164 Å². The second kappa shape index (κ2) is 7.52. The highest BCUT2D eigenvalue weighted by Crippen LogP contribution is 2.23. The predicted molar refractivity (Wildman–Crippen MR) is 106 cm³/mol. The molecule has 27 heavy (non-hydrogen) atoms. The molecule has 1 aromatic carbocycles. The number of carbonyl (C=O) groups excluding carboxylic acids is 2. The zero-order chi connectivity index (χ0) is 19.0. The highest BCUT2D eigenvalue weighted by atomic mass is 35.5. The number of nitrogens with zero attached hydrogens (tertiary/aromatic N) is 4. The van der Waals surface area contributed by atoms with E-state index in [1.165, 1.54) is 0 Å². The third-order valence-electron chi connectivity index (χ3n) is 5.71. The monoisotopic (exact) mass is 388 g/mol. The first kappa shape index (κ1) is 18.3. The van der Waals surface area contributed by atoms with E-state index < -0.39 is 0 Å². The van der Waals surface area contributed by atoms with Crippen LogP contribution < -0.4 is 0 Å². The van der Waals surface area contributed by atoms with Crippen molar-refractivity contribution in [1.82, 2.24) is 19.3 Å². The standard InChI is InChI=1S/C20H25ClN4O2/c1-22-9-11-23(12-10-22)20(27)17-3-2-7-25(17)19(26)14-24-8-6-15-4-5-16(21)13-18(15)24/h4-6,8,13,17H,2-3,7,9-12,14H2,1H3. The summed E-state index contributed by atoms with van der Waals surface area (Å²) in [6.45, 7) is 4.16. The SMILES string of the molecule is CN1CCN(C(=O)C2CCCN2C(=O)Cn2ccc3ccc(Cl)cc32)CC1. The van der Waals surface area contributed by atoms with Gasteiger partial charge in [-0.1, -0.05) is 17.7 Å². The Morgan fingerprint density at radius 2 is 1.89 bits per heavy atom. The van der Waals surface area contributed by atoms with Crippen molar-refractivity contribution >= 4 is 34.3 Å². The van der Waals surface area contributed by atoms with E-state index in [4.69, 9.17) is 11.6 Å². The molecule has 4 rings (SSSR count). The van der Waals surface area contributed by atoms with Gasteiger partial charge in [0, 0.05) is 49.5 Å². The van der Waals surface area contributed by atoms with E-state index >= 15 is 0 Å². The molecule has 1 atom stereocenters. The van der Waals surface area contributed by atoms with Crippen molar-refractivity contribution in [3.63, 3.8) is 0 Å². The second-order valence-corrected chi connectivity index (χ2v) is 7.96. The molecule has 2 aliphatic heterocycles. The topological polar surface area (TPSA) is 48.8 Å². The predicted octanol–water partition coefficient (Wildman–Crippen LogP) is 2.06. The van der Waals surface area contributed by atoms with Crippen molar-refractivity contribution in [2.45, 2.75) is 25.4 Å². The number of carbonyl (C=O) groups is 2. The van der Waals surface area contributed by atoms with Crippen molar-refractivity contribution in [3.05, 3.63) is 35.5 Å². The van der Waals surface area contributed by atoms with Crippen LogP contribution >= 0.6 is 11.6 Å². The third kappa shape index (κ3) is 3.69. The molecule has 7 heteroatoms. The highest BCUT2D eigenvalue weighted by Gasteiger charge is 2.37. The number of piperazine rings is 1. The molecule has 0 saturated carbocycles. The first-order valence-corrected chi connectivity index (χ1v) is 9.92. The van der Waals surface area contributed by atoms with Gasteiger partial charge in [0.2, 0.25) is 11.8 Å². The molecule has 6 nitrogen and oxygen atoms in total. The summed E-state index contributed by atoms with van der Waals surface area (Å²) in [6, 6.07) is 7.35. The molecule has 1 aromatic heterocycles. The van der Waals surface area contributed by atoms with E-state index in [0.717, 1.165) is 49.9 Å². The van der Waals surface area contributed by atoms with Gasteiger partial charge in [-0.05, 0) is 43.5 Å². The van der Waals surface area contributed by atoms with Crippen LogP contribution in [0.3, 0.4) is 0 Å². The number of amides is 2. The van der Waals surface area contributed by atoms with Gasteiger partial charge >= 0.3 is 0 Å². The Hall–Kier alpha value is -2.05. The number of benzene rings is 1. The van der Waals surface area contributed by atoms with Gasteiger partial charge in [0.05, 0.1) is 0 Å². The molecule has 2 aliphatic rings. The Bertz CT molecular complexity index is 857. The maximum Gasteiger partial charge on any atom is 0.245 e. The smallest absolute Gasteiger partial charge is 0.245 e. The van der Waals surface area contributed by atoms with Crippen LogP contribution in [0.4, 0.5) is 0 Å².